The van der Waals surface area contributed by atoms with Crippen LogP contribution in [-0.2, 0) is 11.3 Å². The Bertz CT molecular complexity index is 476. The molecular weight excluding hydrogens is 242 g/mol. The monoisotopic (exact) mass is 261 g/mol. The van der Waals surface area contributed by atoms with Gasteiger partial charge in [0.05, 0.1) is 12.2 Å². The summed E-state index contributed by atoms with van der Waals surface area (Å²) in [5, 5.41) is 3.62. The summed E-state index contributed by atoms with van der Waals surface area (Å²) in [5.74, 6) is 1.78. The van der Waals surface area contributed by atoms with Crippen molar-refractivity contribution in [1.29, 1.82) is 0 Å². The van der Waals surface area contributed by atoms with Crippen molar-refractivity contribution >= 4 is 0 Å². The van der Waals surface area contributed by atoms with E-state index >= 15 is 0 Å². The number of fused-ring (bicyclic) bond motifs is 3. The Morgan fingerprint density at radius 1 is 1.16 bits per heavy atom. The molecule has 0 radical (unpaired) electrons. The third-order valence-corrected chi connectivity index (χ3v) is 4.31. The van der Waals surface area contributed by atoms with Crippen LogP contribution >= 0.6 is 0 Å². The van der Waals surface area contributed by atoms with Crippen LogP contribution in [0.5, 0.6) is 11.5 Å². The van der Waals surface area contributed by atoms with Crippen molar-refractivity contribution in [2.45, 2.75) is 44.1 Å². The van der Waals surface area contributed by atoms with Crippen molar-refractivity contribution in [3.8, 4) is 11.5 Å². The maximum atomic E-state index is 5.87. The molecule has 0 amide bonds. The summed E-state index contributed by atoms with van der Waals surface area (Å²) in [6, 6.07) is 6.61. The van der Waals surface area contributed by atoms with Crippen LogP contribution in [0.2, 0.25) is 0 Å². The van der Waals surface area contributed by atoms with E-state index in [0.29, 0.717) is 31.5 Å². The molecule has 1 aromatic carbocycles. The van der Waals surface area contributed by atoms with E-state index < -0.39 is 0 Å². The van der Waals surface area contributed by atoms with Gasteiger partial charge in [-0.3, -0.25) is 0 Å². The van der Waals surface area contributed by atoms with Gasteiger partial charge in [-0.05, 0) is 25.3 Å². The maximum absolute atomic E-state index is 5.87. The van der Waals surface area contributed by atoms with E-state index in [9.17, 15) is 0 Å². The highest BCUT2D eigenvalue weighted by Gasteiger charge is 2.40. The highest BCUT2D eigenvalue weighted by Crippen LogP contribution is 2.36. The molecule has 1 aromatic rings. The lowest BCUT2D eigenvalue weighted by molar-refractivity contribution is 0.0972. The number of rotatable bonds is 3. The van der Waals surface area contributed by atoms with Gasteiger partial charge in [0.15, 0.2) is 11.5 Å². The SMILES string of the molecule is c1cc(CNC2CC3CCC2O3)c2c(c1)OCCO2. The average Bonchev–Trinajstić information content (AvgIpc) is 3.07. The molecule has 3 aliphatic rings. The van der Waals surface area contributed by atoms with Crippen molar-refractivity contribution < 1.29 is 14.2 Å². The van der Waals surface area contributed by atoms with Crippen LogP contribution in [0.4, 0.5) is 0 Å². The number of para-hydroxylation sites is 1. The molecule has 4 heteroatoms. The van der Waals surface area contributed by atoms with Crippen LogP contribution in [0, 0.1) is 0 Å². The first kappa shape index (κ1) is 11.6. The number of ether oxygens (including phenoxy) is 3. The van der Waals surface area contributed by atoms with Gasteiger partial charge in [-0.25, -0.2) is 0 Å². The Morgan fingerprint density at radius 2 is 2.11 bits per heavy atom. The Labute approximate surface area is 113 Å². The first-order chi connectivity index (χ1) is 9.40. The molecule has 2 saturated heterocycles. The predicted octanol–water partition coefficient (Wildman–Crippen LogP) is 1.87. The standard InChI is InChI=1S/C15H19NO3/c1-2-10(15-14(3-1)17-6-7-18-15)9-16-12-8-11-4-5-13(12)19-11/h1-3,11-13,16H,4-9H2. The van der Waals surface area contributed by atoms with Gasteiger partial charge in [0.1, 0.15) is 13.2 Å². The van der Waals surface area contributed by atoms with E-state index in [1.807, 2.05) is 12.1 Å². The van der Waals surface area contributed by atoms with Crippen molar-refractivity contribution in [3.05, 3.63) is 23.8 Å². The Hall–Kier alpha value is -1.26. The van der Waals surface area contributed by atoms with Crippen molar-refractivity contribution in [1.82, 2.24) is 5.32 Å². The molecule has 19 heavy (non-hydrogen) atoms. The second-order valence-electron chi connectivity index (χ2n) is 5.54. The Kier molecular flexibility index (Phi) is 2.85. The molecule has 3 unspecified atom stereocenters. The van der Waals surface area contributed by atoms with E-state index in [1.165, 1.54) is 18.4 Å². The predicted molar refractivity (Wildman–Crippen MR) is 70.6 cm³/mol. The number of hydrogen-bond acceptors (Lipinski definition) is 4. The molecule has 0 aliphatic carbocycles. The molecular formula is C15H19NO3. The molecule has 3 atom stereocenters. The fourth-order valence-electron chi connectivity index (χ4n) is 3.37. The fraction of sp³-hybridized carbons (Fsp3) is 0.600. The van der Waals surface area contributed by atoms with E-state index in [-0.39, 0.29) is 0 Å². The lowest BCUT2D eigenvalue weighted by Crippen LogP contribution is -2.37. The molecule has 2 fully saturated rings. The largest absolute Gasteiger partial charge is 0.486 e. The Morgan fingerprint density at radius 3 is 2.95 bits per heavy atom. The zero-order valence-corrected chi connectivity index (χ0v) is 10.9. The summed E-state index contributed by atoms with van der Waals surface area (Å²) in [4.78, 5) is 0. The van der Waals surface area contributed by atoms with E-state index in [0.717, 1.165) is 24.5 Å². The molecule has 0 aromatic heterocycles. The van der Waals surface area contributed by atoms with Gasteiger partial charge < -0.3 is 19.5 Å². The highest BCUT2D eigenvalue weighted by molar-refractivity contribution is 5.47. The van der Waals surface area contributed by atoms with Crippen molar-refractivity contribution in [3.63, 3.8) is 0 Å². The Balaban J connectivity index is 1.45. The maximum Gasteiger partial charge on any atom is 0.165 e. The minimum atomic E-state index is 0.418. The van der Waals surface area contributed by atoms with Crippen LogP contribution < -0.4 is 14.8 Å². The molecule has 102 valence electrons. The summed E-state index contributed by atoms with van der Waals surface area (Å²) in [6.07, 6.45) is 4.50. The molecule has 3 aliphatic heterocycles. The highest BCUT2D eigenvalue weighted by atomic mass is 16.6. The average molecular weight is 261 g/mol. The van der Waals surface area contributed by atoms with Crippen LogP contribution in [0.15, 0.2) is 18.2 Å². The summed E-state index contributed by atoms with van der Waals surface area (Å²) in [6.45, 7) is 2.11. The van der Waals surface area contributed by atoms with E-state index in [4.69, 9.17) is 14.2 Å². The van der Waals surface area contributed by atoms with Gasteiger partial charge in [-0.1, -0.05) is 12.1 Å². The van der Waals surface area contributed by atoms with Gasteiger partial charge in [0.25, 0.3) is 0 Å². The number of benzene rings is 1. The minimum Gasteiger partial charge on any atom is -0.486 e. The lowest BCUT2D eigenvalue weighted by Gasteiger charge is -2.23. The molecule has 4 rings (SSSR count). The van der Waals surface area contributed by atoms with Crippen LogP contribution in [-0.4, -0.2) is 31.5 Å². The topological polar surface area (TPSA) is 39.7 Å². The van der Waals surface area contributed by atoms with Crippen LogP contribution in [0.1, 0.15) is 24.8 Å². The second kappa shape index (κ2) is 4.69. The quantitative estimate of drug-likeness (QED) is 0.901. The minimum absolute atomic E-state index is 0.418. The molecule has 2 bridgehead atoms. The van der Waals surface area contributed by atoms with Gasteiger partial charge in [-0.15, -0.1) is 0 Å². The molecule has 3 heterocycles. The summed E-state index contributed by atoms with van der Waals surface area (Å²) in [7, 11) is 0. The first-order valence-electron chi connectivity index (χ1n) is 7.16. The van der Waals surface area contributed by atoms with Crippen molar-refractivity contribution in [2.24, 2.45) is 0 Å². The first-order valence-corrected chi connectivity index (χ1v) is 7.16. The zero-order chi connectivity index (χ0) is 12.7. The number of hydrogen-bond donors (Lipinski definition) is 1. The fourth-order valence-corrected chi connectivity index (χ4v) is 3.37. The smallest absolute Gasteiger partial charge is 0.165 e. The molecule has 1 N–H and O–H groups in total. The van der Waals surface area contributed by atoms with Gasteiger partial charge in [0, 0.05) is 18.2 Å². The molecule has 0 saturated carbocycles. The molecule has 4 nitrogen and oxygen atoms in total. The van der Waals surface area contributed by atoms with Gasteiger partial charge in [-0.2, -0.15) is 0 Å². The van der Waals surface area contributed by atoms with Gasteiger partial charge >= 0.3 is 0 Å². The summed E-state index contributed by atoms with van der Waals surface area (Å²) >= 11 is 0. The summed E-state index contributed by atoms with van der Waals surface area (Å²) < 4.78 is 17.2. The lowest BCUT2D eigenvalue weighted by atomic mass is 9.95. The molecule has 0 spiro atoms. The zero-order valence-electron chi connectivity index (χ0n) is 10.9. The second-order valence-corrected chi connectivity index (χ2v) is 5.54. The normalized spacial score (nSPS) is 31.7. The van der Waals surface area contributed by atoms with Crippen LogP contribution in [0.3, 0.4) is 0 Å². The van der Waals surface area contributed by atoms with Crippen LogP contribution in [0.25, 0.3) is 0 Å². The van der Waals surface area contributed by atoms with E-state index in [1.54, 1.807) is 0 Å². The van der Waals surface area contributed by atoms with Crippen molar-refractivity contribution in [2.75, 3.05) is 13.2 Å². The third kappa shape index (κ3) is 2.09. The van der Waals surface area contributed by atoms with Gasteiger partial charge in [0.2, 0.25) is 0 Å². The van der Waals surface area contributed by atoms with E-state index in [2.05, 4.69) is 11.4 Å². The third-order valence-electron chi connectivity index (χ3n) is 4.31. The summed E-state index contributed by atoms with van der Waals surface area (Å²) in [5.41, 5.74) is 1.18. The number of nitrogens with one attached hydrogen (secondary N) is 1.